The lowest BCUT2D eigenvalue weighted by Gasteiger charge is -1.74. The van der Waals surface area contributed by atoms with Crippen molar-refractivity contribution in [3.8, 4) is 0 Å². The Bertz CT molecular complexity index is 105. The SMILES string of the molecule is C=N/C=C\C(=C)I. The summed E-state index contributed by atoms with van der Waals surface area (Å²) in [7, 11) is 0. The quantitative estimate of drug-likeness (QED) is 0.373. The van der Waals surface area contributed by atoms with E-state index in [1.54, 1.807) is 12.3 Å². The third kappa shape index (κ3) is 5.88. The van der Waals surface area contributed by atoms with Gasteiger partial charge in [-0.3, -0.25) is 4.99 Å². The predicted octanol–water partition coefficient (Wildman–Crippen LogP) is 2.15. The molecule has 1 nitrogen and oxygen atoms in total. The van der Waals surface area contributed by atoms with Gasteiger partial charge in [0, 0.05) is 9.78 Å². The Balaban J connectivity index is 3.46. The van der Waals surface area contributed by atoms with Gasteiger partial charge < -0.3 is 0 Å². The van der Waals surface area contributed by atoms with Crippen LogP contribution < -0.4 is 0 Å². The molecule has 0 saturated heterocycles. The average molecular weight is 207 g/mol. The van der Waals surface area contributed by atoms with Crippen LogP contribution in [0.5, 0.6) is 0 Å². The van der Waals surface area contributed by atoms with Crippen LogP contribution in [0, 0.1) is 0 Å². The fraction of sp³-hybridized carbons (Fsp3) is 0. The second-order valence-corrected chi connectivity index (χ2v) is 2.33. The molecule has 0 aliphatic rings. The molecule has 0 aromatic carbocycles. The maximum atomic E-state index is 3.60. The normalized spacial score (nSPS) is 9.29. The molecule has 2 heteroatoms. The maximum absolute atomic E-state index is 3.60. The summed E-state index contributed by atoms with van der Waals surface area (Å²) in [6.45, 7) is 6.86. The largest absolute Gasteiger partial charge is 0.272 e. The summed E-state index contributed by atoms with van der Waals surface area (Å²) in [6.07, 6.45) is 3.39. The molecule has 0 atom stereocenters. The first kappa shape index (κ1) is 6.88. The van der Waals surface area contributed by atoms with Gasteiger partial charge in [-0.2, -0.15) is 0 Å². The third-order valence-electron chi connectivity index (χ3n) is 0.361. The molecule has 0 aliphatic carbocycles. The van der Waals surface area contributed by atoms with Crippen LogP contribution in [0.4, 0.5) is 0 Å². The highest BCUT2D eigenvalue weighted by molar-refractivity contribution is 14.1. The molecular weight excluding hydrogens is 201 g/mol. The summed E-state index contributed by atoms with van der Waals surface area (Å²) in [5.74, 6) is 0. The highest BCUT2D eigenvalue weighted by atomic mass is 127. The number of rotatable bonds is 2. The Kier molecular flexibility index (Phi) is 3.98. The molecule has 0 heterocycles. The molecular formula is C5H6IN. The molecule has 0 aromatic heterocycles. The van der Waals surface area contributed by atoms with Crippen LogP contribution in [-0.4, -0.2) is 6.72 Å². The van der Waals surface area contributed by atoms with Crippen molar-refractivity contribution in [2.45, 2.75) is 0 Å². The molecule has 0 bridgehead atoms. The zero-order valence-electron chi connectivity index (χ0n) is 3.89. The highest BCUT2D eigenvalue weighted by Gasteiger charge is 1.68. The number of halogens is 1. The molecule has 0 rings (SSSR count). The highest BCUT2D eigenvalue weighted by Crippen LogP contribution is 2.01. The summed E-state index contributed by atoms with van der Waals surface area (Å²) >= 11 is 2.10. The summed E-state index contributed by atoms with van der Waals surface area (Å²) in [6, 6.07) is 0. The van der Waals surface area contributed by atoms with Crippen molar-refractivity contribution in [3.05, 3.63) is 22.4 Å². The maximum Gasteiger partial charge on any atom is 0.0270 e. The van der Waals surface area contributed by atoms with Crippen LogP contribution >= 0.6 is 22.6 Å². The number of hydrogen-bond acceptors (Lipinski definition) is 1. The first-order valence-electron chi connectivity index (χ1n) is 1.74. The molecule has 0 fully saturated rings. The van der Waals surface area contributed by atoms with Gasteiger partial charge in [0.15, 0.2) is 0 Å². The smallest absolute Gasteiger partial charge is 0.0270 e. The van der Waals surface area contributed by atoms with E-state index in [-0.39, 0.29) is 0 Å². The summed E-state index contributed by atoms with van der Waals surface area (Å²) in [5.41, 5.74) is 0. The van der Waals surface area contributed by atoms with Crippen LogP contribution in [0.15, 0.2) is 27.4 Å². The van der Waals surface area contributed by atoms with Crippen molar-refractivity contribution in [2.75, 3.05) is 0 Å². The minimum absolute atomic E-state index is 0.963. The minimum atomic E-state index is 0.963. The summed E-state index contributed by atoms with van der Waals surface area (Å²) in [5, 5.41) is 0. The molecule has 0 spiro atoms. The van der Waals surface area contributed by atoms with E-state index in [9.17, 15) is 0 Å². The number of hydrogen-bond donors (Lipinski definition) is 0. The van der Waals surface area contributed by atoms with E-state index in [1.165, 1.54) is 0 Å². The second kappa shape index (κ2) is 4.05. The van der Waals surface area contributed by atoms with Crippen molar-refractivity contribution >= 4 is 29.3 Å². The Hall–Kier alpha value is -0.120. The predicted molar refractivity (Wildman–Crippen MR) is 41.8 cm³/mol. The van der Waals surface area contributed by atoms with Crippen LogP contribution in [0.2, 0.25) is 0 Å². The van der Waals surface area contributed by atoms with Crippen molar-refractivity contribution < 1.29 is 0 Å². The zero-order valence-corrected chi connectivity index (χ0v) is 6.05. The molecule has 0 N–H and O–H groups in total. The van der Waals surface area contributed by atoms with Gasteiger partial charge in [-0.15, -0.1) is 0 Å². The fourth-order valence-corrected chi connectivity index (χ4v) is 0.294. The van der Waals surface area contributed by atoms with E-state index in [4.69, 9.17) is 0 Å². The minimum Gasteiger partial charge on any atom is -0.272 e. The first-order valence-corrected chi connectivity index (χ1v) is 2.82. The van der Waals surface area contributed by atoms with E-state index in [0.717, 1.165) is 3.58 Å². The Morgan fingerprint density at radius 2 is 2.29 bits per heavy atom. The van der Waals surface area contributed by atoms with Crippen LogP contribution in [-0.2, 0) is 0 Å². The first-order chi connectivity index (χ1) is 3.27. The standard InChI is InChI=1S/C5H6IN/c1-5(6)3-4-7-2/h3-4H,1-2H2/b4-3-. The molecule has 7 heavy (non-hydrogen) atoms. The van der Waals surface area contributed by atoms with E-state index in [0.29, 0.717) is 0 Å². The lowest BCUT2D eigenvalue weighted by atomic mass is 10.6. The van der Waals surface area contributed by atoms with Gasteiger partial charge in [-0.25, -0.2) is 0 Å². The lowest BCUT2D eigenvalue weighted by Crippen LogP contribution is -1.50. The molecule has 0 saturated carbocycles. The van der Waals surface area contributed by atoms with Crippen LogP contribution in [0.3, 0.4) is 0 Å². The van der Waals surface area contributed by atoms with Crippen molar-refractivity contribution in [1.82, 2.24) is 0 Å². The summed E-state index contributed by atoms with van der Waals surface area (Å²) in [4.78, 5) is 3.48. The van der Waals surface area contributed by atoms with Gasteiger partial charge in [-0.05, 0) is 35.4 Å². The molecule has 38 valence electrons. The molecule has 0 radical (unpaired) electrons. The number of aliphatic imine (C=N–C) groups is 1. The van der Waals surface area contributed by atoms with E-state index < -0.39 is 0 Å². The average Bonchev–Trinajstić information content (AvgIpc) is 1.61. The molecule has 0 aliphatic heterocycles. The van der Waals surface area contributed by atoms with Gasteiger partial charge in [0.1, 0.15) is 0 Å². The van der Waals surface area contributed by atoms with Crippen molar-refractivity contribution in [3.63, 3.8) is 0 Å². The molecule has 0 amide bonds. The van der Waals surface area contributed by atoms with Gasteiger partial charge in [-0.1, -0.05) is 6.58 Å². The molecule has 0 unspecified atom stereocenters. The second-order valence-electron chi connectivity index (χ2n) is 0.945. The van der Waals surface area contributed by atoms with Crippen LogP contribution in [0.25, 0.3) is 0 Å². The van der Waals surface area contributed by atoms with E-state index in [2.05, 4.69) is 40.9 Å². The van der Waals surface area contributed by atoms with Crippen molar-refractivity contribution in [2.24, 2.45) is 4.99 Å². The zero-order chi connectivity index (χ0) is 5.70. The number of allylic oxidation sites excluding steroid dienone is 2. The van der Waals surface area contributed by atoms with Gasteiger partial charge in [0.25, 0.3) is 0 Å². The van der Waals surface area contributed by atoms with Gasteiger partial charge in [0.05, 0.1) is 0 Å². The number of nitrogens with zero attached hydrogens (tertiary/aromatic N) is 1. The monoisotopic (exact) mass is 207 g/mol. The molecule has 0 aromatic rings. The Morgan fingerprint density at radius 3 is 2.43 bits per heavy atom. The van der Waals surface area contributed by atoms with E-state index in [1.807, 2.05) is 0 Å². The lowest BCUT2D eigenvalue weighted by molar-refractivity contribution is 1.61. The van der Waals surface area contributed by atoms with Gasteiger partial charge >= 0.3 is 0 Å². The Labute approximate surface area is 57.0 Å². The van der Waals surface area contributed by atoms with Crippen LogP contribution in [0.1, 0.15) is 0 Å². The topological polar surface area (TPSA) is 12.4 Å². The fourth-order valence-electron chi connectivity index (χ4n) is 0.134. The van der Waals surface area contributed by atoms with Crippen molar-refractivity contribution in [1.29, 1.82) is 0 Å². The van der Waals surface area contributed by atoms with E-state index >= 15 is 0 Å². The Morgan fingerprint density at radius 1 is 1.71 bits per heavy atom. The summed E-state index contributed by atoms with van der Waals surface area (Å²) < 4.78 is 0.963. The van der Waals surface area contributed by atoms with Gasteiger partial charge in [0.2, 0.25) is 0 Å². The third-order valence-corrected chi connectivity index (χ3v) is 0.720.